The second-order valence-electron chi connectivity index (χ2n) is 2.86. The number of rotatable bonds is 1. The highest BCUT2D eigenvalue weighted by Crippen LogP contribution is 2.18. The molecule has 0 spiro atoms. The lowest BCUT2D eigenvalue weighted by molar-refractivity contribution is 0.184. The topological polar surface area (TPSA) is 146 Å². The number of nitrogen functional groups attached to an aromatic ring is 1. The van der Waals surface area contributed by atoms with Gasteiger partial charge in [0.1, 0.15) is 5.69 Å². The Kier molecular flexibility index (Phi) is 2.12. The Morgan fingerprint density at radius 2 is 2.19 bits per heavy atom. The predicted octanol–water partition coefficient (Wildman–Crippen LogP) is -1.12. The van der Waals surface area contributed by atoms with Crippen molar-refractivity contribution >= 4 is 12.0 Å². The van der Waals surface area contributed by atoms with Gasteiger partial charge in [-0.1, -0.05) is 5.16 Å². The van der Waals surface area contributed by atoms with Crippen LogP contribution in [0.5, 0.6) is 0 Å². The molecule has 0 saturated heterocycles. The largest absolute Gasteiger partial charge is 0.427 e. The average Bonchev–Trinajstić information content (AvgIpc) is 2.20. The molecule has 0 bridgehead atoms. The predicted molar refractivity (Wildman–Crippen MR) is 51.3 cm³/mol. The van der Waals surface area contributed by atoms with E-state index in [2.05, 4.69) is 20.1 Å². The number of nitrogens with one attached hydrogen (secondary N) is 1. The van der Waals surface area contributed by atoms with Gasteiger partial charge in [-0.3, -0.25) is 5.41 Å². The Balaban J connectivity index is 2.81. The van der Waals surface area contributed by atoms with Gasteiger partial charge in [-0.15, -0.1) is 0 Å². The van der Waals surface area contributed by atoms with E-state index in [0.29, 0.717) is 4.73 Å². The van der Waals surface area contributed by atoms with Crippen LogP contribution in [0.1, 0.15) is 5.69 Å². The summed E-state index contributed by atoms with van der Waals surface area (Å²) in [5.74, 6) is -0.0291. The van der Waals surface area contributed by atoms with Crippen LogP contribution in [0.4, 0.5) is 5.82 Å². The maximum absolute atomic E-state index is 9.53. The first-order chi connectivity index (χ1) is 7.61. The first kappa shape index (κ1) is 9.83. The lowest BCUT2D eigenvalue weighted by atomic mass is 10.3. The van der Waals surface area contributed by atoms with Crippen molar-refractivity contribution in [3.05, 3.63) is 17.5 Å². The van der Waals surface area contributed by atoms with Crippen LogP contribution in [-0.4, -0.2) is 36.3 Å². The number of nitrogens with zero attached hydrogens (tertiary/aromatic N) is 5. The lowest BCUT2D eigenvalue weighted by Gasteiger charge is -2.09. The van der Waals surface area contributed by atoms with Crippen molar-refractivity contribution in [2.75, 3.05) is 5.73 Å². The summed E-state index contributed by atoms with van der Waals surface area (Å²) in [7, 11) is 0. The number of hydrogen-bond acceptors (Lipinski definition) is 8. The molecule has 2 rings (SSSR count). The highest BCUT2D eigenvalue weighted by Gasteiger charge is 2.15. The number of fused-ring (bicyclic) bond motifs is 1. The molecule has 5 N–H and O–H groups in total. The van der Waals surface area contributed by atoms with Gasteiger partial charge in [0.25, 0.3) is 0 Å². The van der Waals surface area contributed by atoms with Crippen LogP contribution in [0.25, 0.3) is 11.5 Å². The molecule has 0 aliphatic carbocycles. The van der Waals surface area contributed by atoms with Crippen molar-refractivity contribution in [2.45, 2.75) is 0 Å². The molecule has 16 heavy (non-hydrogen) atoms. The number of anilines is 1. The first-order valence-electron chi connectivity index (χ1n) is 4.10. The summed E-state index contributed by atoms with van der Waals surface area (Å²) in [5.41, 5.74) is 5.50. The first-order valence-corrected chi connectivity index (χ1v) is 4.10. The summed E-state index contributed by atoms with van der Waals surface area (Å²) < 4.78 is 0.634. The Labute approximate surface area is 88.3 Å². The number of oxime groups is 1. The van der Waals surface area contributed by atoms with Crippen LogP contribution in [-0.2, 0) is 0 Å². The molecule has 0 saturated carbocycles. The molecule has 0 unspecified atom stereocenters. The van der Waals surface area contributed by atoms with Crippen LogP contribution in [0.15, 0.2) is 11.4 Å². The zero-order valence-electron chi connectivity index (χ0n) is 7.86. The van der Waals surface area contributed by atoms with E-state index in [-0.39, 0.29) is 28.6 Å². The normalized spacial score (nSPS) is 11.2. The quantitative estimate of drug-likeness (QED) is 0.208. The summed E-state index contributed by atoms with van der Waals surface area (Å²) in [5, 5.41) is 27.9. The van der Waals surface area contributed by atoms with Crippen LogP contribution < -0.4 is 11.4 Å². The van der Waals surface area contributed by atoms with E-state index >= 15 is 0 Å². The molecule has 0 aromatic carbocycles. The number of aromatic nitrogens is 4. The van der Waals surface area contributed by atoms with Crippen molar-refractivity contribution in [3.63, 3.8) is 0 Å². The van der Waals surface area contributed by atoms with Crippen molar-refractivity contribution in [1.82, 2.24) is 19.7 Å². The molecule has 0 fully saturated rings. The van der Waals surface area contributed by atoms with Crippen LogP contribution in [0.2, 0.25) is 0 Å². The fraction of sp³-hybridized carbons (Fsp3) is 0. The SMILES string of the molecule is N=c1nc(N)c2nc(/C=N/O)cn(O)c-2n1. The Morgan fingerprint density at radius 1 is 1.44 bits per heavy atom. The Morgan fingerprint density at radius 3 is 2.88 bits per heavy atom. The van der Waals surface area contributed by atoms with Crippen LogP contribution in [0, 0.1) is 5.41 Å². The standard InChI is InChI=1S/C7H7N7O2/c8-5-4-6(13-7(9)12-5)14(16)2-3(11-4)1-10-15/h1-2,15-16H,(H3,8,9,12)/b10-1+. The van der Waals surface area contributed by atoms with E-state index in [9.17, 15) is 5.21 Å². The molecule has 9 heteroatoms. The van der Waals surface area contributed by atoms with E-state index in [1.807, 2.05) is 0 Å². The monoisotopic (exact) mass is 221 g/mol. The lowest BCUT2D eigenvalue weighted by Crippen LogP contribution is -2.20. The van der Waals surface area contributed by atoms with E-state index < -0.39 is 0 Å². The average molecular weight is 221 g/mol. The van der Waals surface area contributed by atoms with Crippen molar-refractivity contribution in [3.8, 4) is 11.5 Å². The molecule has 2 aliphatic heterocycles. The van der Waals surface area contributed by atoms with Gasteiger partial charge in [0.05, 0.1) is 12.4 Å². The third-order valence-corrected chi connectivity index (χ3v) is 1.80. The van der Waals surface area contributed by atoms with E-state index in [0.717, 1.165) is 12.4 Å². The second kappa shape index (κ2) is 3.46. The molecule has 0 aromatic rings. The summed E-state index contributed by atoms with van der Waals surface area (Å²) >= 11 is 0. The van der Waals surface area contributed by atoms with E-state index in [1.54, 1.807) is 0 Å². The van der Waals surface area contributed by atoms with Gasteiger partial charge in [0.2, 0.25) is 11.4 Å². The summed E-state index contributed by atoms with van der Waals surface area (Å²) in [6.45, 7) is 0. The molecule has 0 atom stereocenters. The maximum atomic E-state index is 9.53. The van der Waals surface area contributed by atoms with Crippen molar-refractivity contribution in [2.24, 2.45) is 5.16 Å². The van der Waals surface area contributed by atoms with Gasteiger partial charge in [0, 0.05) is 0 Å². The van der Waals surface area contributed by atoms with Gasteiger partial charge in [0.15, 0.2) is 11.5 Å². The third kappa shape index (κ3) is 1.49. The highest BCUT2D eigenvalue weighted by molar-refractivity contribution is 5.78. The second-order valence-corrected chi connectivity index (χ2v) is 2.86. The molecule has 0 amide bonds. The van der Waals surface area contributed by atoms with Gasteiger partial charge < -0.3 is 16.1 Å². The minimum Gasteiger partial charge on any atom is -0.427 e. The van der Waals surface area contributed by atoms with Crippen LogP contribution >= 0.6 is 0 Å². The molecule has 0 aromatic heterocycles. The van der Waals surface area contributed by atoms with Crippen LogP contribution in [0.3, 0.4) is 0 Å². The van der Waals surface area contributed by atoms with Crippen molar-refractivity contribution < 1.29 is 10.4 Å². The summed E-state index contributed by atoms with van der Waals surface area (Å²) in [6.07, 6.45) is 2.17. The number of hydrogen-bond donors (Lipinski definition) is 4. The maximum Gasteiger partial charge on any atom is 0.246 e. The molecule has 2 aliphatic rings. The van der Waals surface area contributed by atoms with Gasteiger partial charge >= 0.3 is 0 Å². The zero-order chi connectivity index (χ0) is 11.7. The molecule has 82 valence electrons. The van der Waals surface area contributed by atoms with E-state index in [1.165, 1.54) is 0 Å². The number of nitrogens with two attached hydrogens (primary N) is 1. The highest BCUT2D eigenvalue weighted by atomic mass is 16.5. The molecular formula is C7H7N7O2. The van der Waals surface area contributed by atoms with Gasteiger partial charge in [-0.05, 0) is 0 Å². The fourth-order valence-electron chi connectivity index (χ4n) is 1.19. The zero-order valence-corrected chi connectivity index (χ0v) is 7.86. The molecule has 2 heterocycles. The van der Waals surface area contributed by atoms with Gasteiger partial charge in [-0.2, -0.15) is 14.7 Å². The summed E-state index contributed by atoms with van der Waals surface area (Å²) in [6, 6.07) is 0. The minimum atomic E-state index is -0.321. The van der Waals surface area contributed by atoms with Gasteiger partial charge in [-0.25, -0.2) is 4.98 Å². The molecular weight excluding hydrogens is 214 g/mol. The van der Waals surface area contributed by atoms with E-state index in [4.69, 9.17) is 16.4 Å². The molecule has 9 nitrogen and oxygen atoms in total. The smallest absolute Gasteiger partial charge is 0.246 e. The minimum absolute atomic E-state index is 0.00703. The molecule has 0 radical (unpaired) electrons. The Hall–Kier alpha value is -2.71. The van der Waals surface area contributed by atoms with Crippen molar-refractivity contribution in [1.29, 1.82) is 5.41 Å². The fourth-order valence-corrected chi connectivity index (χ4v) is 1.19. The third-order valence-electron chi connectivity index (χ3n) is 1.80. The Bertz CT molecular complexity index is 590. The summed E-state index contributed by atoms with van der Waals surface area (Å²) in [4.78, 5) is 11.2.